The third kappa shape index (κ3) is 1.50. The summed E-state index contributed by atoms with van der Waals surface area (Å²) in [6, 6.07) is 7.27. The van der Waals surface area contributed by atoms with E-state index in [1.165, 1.54) is 0 Å². The van der Waals surface area contributed by atoms with Crippen LogP contribution < -0.4 is 5.32 Å². The van der Waals surface area contributed by atoms with E-state index >= 15 is 0 Å². The Morgan fingerprint density at radius 3 is 3.07 bits per heavy atom. The molecule has 0 aromatic heterocycles. The first-order valence-electron chi connectivity index (χ1n) is 4.30. The van der Waals surface area contributed by atoms with Crippen LogP contribution in [0.2, 0.25) is 0 Å². The molecule has 14 heavy (non-hydrogen) atoms. The van der Waals surface area contributed by atoms with Gasteiger partial charge in [0.1, 0.15) is 0 Å². The second-order valence-electron chi connectivity index (χ2n) is 3.07. The van der Waals surface area contributed by atoms with Crippen molar-refractivity contribution in [1.82, 2.24) is 0 Å². The van der Waals surface area contributed by atoms with Gasteiger partial charge in [-0.2, -0.15) is 5.26 Å². The number of benzene rings is 1. The standard InChI is InChI=1S/C11H8N2O/c12-7-8-4-5-10-9(6-8)2-1-3-11(14)13-10/h1-2,4-6H,3H2,(H,13,14). The quantitative estimate of drug-likeness (QED) is 0.669. The Bertz CT molecular complexity index is 455. The summed E-state index contributed by atoms with van der Waals surface area (Å²) in [5.74, 6) is -0.0234. The number of rotatable bonds is 0. The molecule has 0 saturated carbocycles. The van der Waals surface area contributed by atoms with Crippen molar-refractivity contribution in [3.8, 4) is 6.07 Å². The molecule has 1 amide bonds. The number of nitrogens with one attached hydrogen (secondary N) is 1. The van der Waals surface area contributed by atoms with Crippen LogP contribution in [0.25, 0.3) is 6.08 Å². The lowest BCUT2D eigenvalue weighted by Gasteiger charge is -2.04. The Morgan fingerprint density at radius 2 is 2.29 bits per heavy atom. The normalized spacial score (nSPS) is 13.8. The maximum atomic E-state index is 11.2. The first kappa shape index (κ1) is 8.52. The molecule has 0 radical (unpaired) electrons. The molecule has 0 bridgehead atoms. The van der Waals surface area contributed by atoms with Crippen molar-refractivity contribution >= 4 is 17.7 Å². The van der Waals surface area contributed by atoms with Gasteiger partial charge in [-0.15, -0.1) is 0 Å². The van der Waals surface area contributed by atoms with Gasteiger partial charge in [-0.05, 0) is 23.8 Å². The maximum Gasteiger partial charge on any atom is 0.228 e. The maximum absolute atomic E-state index is 11.2. The molecule has 68 valence electrons. The number of hydrogen-bond acceptors (Lipinski definition) is 2. The van der Waals surface area contributed by atoms with Gasteiger partial charge in [0, 0.05) is 12.1 Å². The molecular formula is C11H8N2O. The summed E-state index contributed by atoms with van der Waals surface area (Å²) in [6.45, 7) is 0. The lowest BCUT2D eigenvalue weighted by atomic mass is 10.1. The van der Waals surface area contributed by atoms with Crippen LogP contribution >= 0.6 is 0 Å². The van der Waals surface area contributed by atoms with E-state index in [9.17, 15) is 4.79 Å². The molecule has 0 aliphatic carbocycles. The van der Waals surface area contributed by atoms with Crippen LogP contribution in [0, 0.1) is 11.3 Å². The van der Waals surface area contributed by atoms with Gasteiger partial charge in [-0.1, -0.05) is 12.2 Å². The van der Waals surface area contributed by atoms with Crippen LogP contribution in [-0.2, 0) is 4.79 Å². The van der Waals surface area contributed by atoms with Gasteiger partial charge in [0.05, 0.1) is 11.6 Å². The van der Waals surface area contributed by atoms with E-state index < -0.39 is 0 Å². The highest BCUT2D eigenvalue weighted by atomic mass is 16.1. The molecule has 1 heterocycles. The SMILES string of the molecule is N#Cc1ccc2c(c1)C=CCC(=O)N2. The minimum Gasteiger partial charge on any atom is -0.325 e. The topological polar surface area (TPSA) is 52.9 Å². The third-order valence-electron chi connectivity index (χ3n) is 2.06. The highest BCUT2D eigenvalue weighted by Gasteiger charge is 2.08. The van der Waals surface area contributed by atoms with Gasteiger partial charge >= 0.3 is 0 Å². The summed E-state index contributed by atoms with van der Waals surface area (Å²) < 4.78 is 0. The molecule has 1 N–H and O–H groups in total. The van der Waals surface area contributed by atoms with E-state index in [2.05, 4.69) is 11.4 Å². The average molecular weight is 184 g/mol. The number of fused-ring (bicyclic) bond motifs is 1. The number of nitrogens with zero attached hydrogens (tertiary/aromatic N) is 1. The summed E-state index contributed by atoms with van der Waals surface area (Å²) in [5, 5.41) is 11.5. The summed E-state index contributed by atoms with van der Waals surface area (Å²) in [4.78, 5) is 11.2. The lowest BCUT2D eigenvalue weighted by molar-refractivity contribution is -0.115. The van der Waals surface area contributed by atoms with E-state index in [1.807, 2.05) is 6.08 Å². The highest BCUT2D eigenvalue weighted by Crippen LogP contribution is 2.21. The minimum absolute atomic E-state index is 0.0234. The van der Waals surface area contributed by atoms with E-state index in [-0.39, 0.29) is 5.91 Å². The van der Waals surface area contributed by atoms with Crippen LogP contribution in [0.4, 0.5) is 5.69 Å². The average Bonchev–Trinajstić information content (AvgIpc) is 2.37. The van der Waals surface area contributed by atoms with Crippen LogP contribution in [0.15, 0.2) is 24.3 Å². The largest absolute Gasteiger partial charge is 0.325 e. The summed E-state index contributed by atoms with van der Waals surface area (Å²) >= 11 is 0. The number of anilines is 1. The Hall–Kier alpha value is -2.08. The van der Waals surface area contributed by atoms with Crippen molar-refractivity contribution in [3.05, 3.63) is 35.4 Å². The van der Waals surface area contributed by atoms with Gasteiger partial charge in [0.2, 0.25) is 5.91 Å². The number of hydrogen-bond donors (Lipinski definition) is 1. The summed E-state index contributed by atoms with van der Waals surface area (Å²) in [6.07, 6.45) is 4.03. The van der Waals surface area contributed by atoms with Crippen molar-refractivity contribution in [2.24, 2.45) is 0 Å². The van der Waals surface area contributed by atoms with Crippen molar-refractivity contribution in [2.75, 3.05) is 5.32 Å². The molecule has 1 aromatic rings. The van der Waals surface area contributed by atoms with Crippen molar-refractivity contribution in [3.63, 3.8) is 0 Å². The zero-order valence-corrected chi connectivity index (χ0v) is 7.45. The van der Waals surface area contributed by atoms with Gasteiger partial charge in [0.25, 0.3) is 0 Å². The Morgan fingerprint density at radius 1 is 1.43 bits per heavy atom. The van der Waals surface area contributed by atoms with Crippen molar-refractivity contribution < 1.29 is 4.79 Å². The molecule has 2 rings (SSSR count). The predicted octanol–water partition coefficient (Wildman–Crippen LogP) is 1.91. The van der Waals surface area contributed by atoms with Gasteiger partial charge in [-0.3, -0.25) is 4.79 Å². The van der Waals surface area contributed by atoms with Crippen molar-refractivity contribution in [2.45, 2.75) is 6.42 Å². The van der Waals surface area contributed by atoms with E-state index in [4.69, 9.17) is 5.26 Å². The van der Waals surface area contributed by atoms with E-state index in [0.717, 1.165) is 11.3 Å². The van der Waals surface area contributed by atoms with Gasteiger partial charge in [0.15, 0.2) is 0 Å². The molecule has 0 saturated heterocycles. The number of carbonyl (C=O) groups is 1. The zero-order valence-electron chi connectivity index (χ0n) is 7.45. The van der Waals surface area contributed by atoms with Gasteiger partial charge < -0.3 is 5.32 Å². The van der Waals surface area contributed by atoms with Crippen molar-refractivity contribution in [1.29, 1.82) is 5.26 Å². The molecule has 0 atom stereocenters. The second kappa shape index (κ2) is 3.35. The Labute approximate surface area is 81.7 Å². The van der Waals surface area contributed by atoms with Crippen LogP contribution in [0.5, 0.6) is 0 Å². The van der Waals surface area contributed by atoms with E-state index in [0.29, 0.717) is 12.0 Å². The molecule has 0 spiro atoms. The smallest absolute Gasteiger partial charge is 0.228 e. The summed E-state index contributed by atoms with van der Waals surface area (Å²) in [5.41, 5.74) is 2.25. The first-order chi connectivity index (χ1) is 6.79. The third-order valence-corrected chi connectivity index (χ3v) is 2.06. The molecule has 3 heteroatoms. The molecule has 0 fully saturated rings. The number of carbonyl (C=O) groups excluding carboxylic acids is 1. The van der Waals surface area contributed by atoms with Gasteiger partial charge in [-0.25, -0.2) is 0 Å². The highest BCUT2D eigenvalue weighted by molar-refractivity contribution is 5.96. The van der Waals surface area contributed by atoms with Crippen LogP contribution in [0.1, 0.15) is 17.5 Å². The van der Waals surface area contributed by atoms with Crippen LogP contribution in [0.3, 0.4) is 0 Å². The molecule has 0 unspecified atom stereocenters. The fourth-order valence-electron chi connectivity index (χ4n) is 1.38. The monoisotopic (exact) mass is 184 g/mol. The number of nitriles is 1. The lowest BCUT2D eigenvalue weighted by Crippen LogP contribution is -2.09. The Kier molecular flexibility index (Phi) is 2.04. The molecular weight excluding hydrogens is 176 g/mol. The molecule has 1 aliphatic heterocycles. The molecule has 1 aromatic carbocycles. The zero-order chi connectivity index (χ0) is 9.97. The second-order valence-corrected chi connectivity index (χ2v) is 3.07. The van der Waals surface area contributed by atoms with E-state index in [1.54, 1.807) is 24.3 Å². The summed E-state index contributed by atoms with van der Waals surface area (Å²) in [7, 11) is 0. The minimum atomic E-state index is -0.0234. The predicted molar refractivity (Wildman–Crippen MR) is 53.4 cm³/mol. The Balaban J connectivity index is 2.50. The fourth-order valence-corrected chi connectivity index (χ4v) is 1.38. The number of amides is 1. The fraction of sp³-hybridized carbons (Fsp3) is 0.0909. The molecule has 1 aliphatic rings. The first-order valence-corrected chi connectivity index (χ1v) is 4.30. The molecule has 3 nitrogen and oxygen atoms in total. The van der Waals surface area contributed by atoms with Crippen LogP contribution in [-0.4, -0.2) is 5.91 Å².